The van der Waals surface area contributed by atoms with Gasteiger partial charge in [0, 0.05) is 38.8 Å². The minimum Gasteiger partial charge on any atom is -0.346 e. The Hall–Kier alpha value is -1.99. The first-order chi connectivity index (χ1) is 13.5. The first-order valence-corrected chi connectivity index (χ1v) is 10.3. The van der Waals surface area contributed by atoms with Crippen LogP contribution in [0.3, 0.4) is 0 Å². The quantitative estimate of drug-likeness (QED) is 0.751. The van der Waals surface area contributed by atoms with Crippen molar-refractivity contribution in [1.29, 1.82) is 0 Å². The average Bonchev–Trinajstić information content (AvgIpc) is 2.71. The Balaban J connectivity index is 1.59. The fraction of sp³-hybridized carbons (Fsp3) is 0.619. The van der Waals surface area contributed by atoms with Crippen LogP contribution in [0.25, 0.3) is 0 Å². The minimum atomic E-state index is -0.591. The van der Waals surface area contributed by atoms with Crippen LogP contribution in [0.1, 0.15) is 43.7 Å². The molecule has 28 heavy (non-hydrogen) atoms. The van der Waals surface area contributed by atoms with E-state index in [9.17, 15) is 14.0 Å². The van der Waals surface area contributed by atoms with Crippen molar-refractivity contribution >= 4 is 11.8 Å². The van der Waals surface area contributed by atoms with Crippen LogP contribution in [0.2, 0.25) is 0 Å². The van der Waals surface area contributed by atoms with Crippen LogP contribution >= 0.6 is 0 Å². The molecule has 1 aliphatic carbocycles. The number of piperazine rings is 1. The fourth-order valence-corrected chi connectivity index (χ4v) is 4.04. The zero-order valence-corrected chi connectivity index (χ0v) is 16.6. The third-order valence-corrected chi connectivity index (χ3v) is 5.84. The maximum Gasteiger partial charge on any atom is 0.309 e. The van der Waals surface area contributed by atoms with Crippen molar-refractivity contribution in [3.8, 4) is 0 Å². The summed E-state index contributed by atoms with van der Waals surface area (Å²) < 4.78 is 13.3. The lowest BCUT2D eigenvalue weighted by atomic mass is 9.95. The summed E-state index contributed by atoms with van der Waals surface area (Å²) in [6, 6.07) is 6.42. The van der Waals surface area contributed by atoms with Gasteiger partial charge in [0.05, 0.1) is 6.04 Å². The summed E-state index contributed by atoms with van der Waals surface area (Å²) in [4.78, 5) is 29.1. The zero-order valence-electron chi connectivity index (χ0n) is 16.6. The van der Waals surface area contributed by atoms with Gasteiger partial charge in [0.15, 0.2) is 0 Å². The molecule has 1 saturated heterocycles. The second-order valence-electron chi connectivity index (χ2n) is 7.93. The van der Waals surface area contributed by atoms with Gasteiger partial charge in [-0.15, -0.1) is 0 Å². The number of likely N-dealkylation sites (N-methyl/N-ethyl adjacent to an activating group) is 1. The number of nitrogens with one attached hydrogen (secondary N) is 2. The van der Waals surface area contributed by atoms with Crippen molar-refractivity contribution in [3.05, 3.63) is 35.6 Å². The molecule has 1 saturated carbocycles. The van der Waals surface area contributed by atoms with Crippen LogP contribution in [0.5, 0.6) is 0 Å². The van der Waals surface area contributed by atoms with E-state index in [-0.39, 0.29) is 17.9 Å². The zero-order chi connectivity index (χ0) is 19.9. The van der Waals surface area contributed by atoms with Crippen molar-refractivity contribution in [3.63, 3.8) is 0 Å². The van der Waals surface area contributed by atoms with Crippen molar-refractivity contribution in [2.45, 2.75) is 44.2 Å². The first kappa shape index (κ1) is 20.7. The maximum atomic E-state index is 13.3. The van der Waals surface area contributed by atoms with Gasteiger partial charge in [-0.25, -0.2) is 4.39 Å². The smallest absolute Gasteiger partial charge is 0.309 e. The van der Waals surface area contributed by atoms with E-state index >= 15 is 0 Å². The average molecular weight is 391 g/mol. The second-order valence-corrected chi connectivity index (χ2v) is 7.93. The SMILES string of the molecule is CN1CCN([C@H](CNC(=O)C(=O)NC2CCCCC2)c2ccc(F)cc2)CC1. The van der Waals surface area contributed by atoms with E-state index < -0.39 is 11.8 Å². The highest BCUT2D eigenvalue weighted by atomic mass is 19.1. The largest absolute Gasteiger partial charge is 0.346 e. The van der Waals surface area contributed by atoms with E-state index in [2.05, 4.69) is 27.5 Å². The highest BCUT2D eigenvalue weighted by Crippen LogP contribution is 2.22. The molecule has 3 rings (SSSR count). The molecule has 1 atom stereocenters. The molecular formula is C21H31FN4O2. The van der Waals surface area contributed by atoms with Crippen LogP contribution in [0, 0.1) is 5.82 Å². The van der Waals surface area contributed by atoms with Gasteiger partial charge in [0.1, 0.15) is 5.82 Å². The van der Waals surface area contributed by atoms with Gasteiger partial charge >= 0.3 is 11.8 Å². The van der Waals surface area contributed by atoms with Crippen LogP contribution < -0.4 is 10.6 Å². The van der Waals surface area contributed by atoms with Gasteiger partial charge < -0.3 is 15.5 Å². The standard InChI is InChI=1S/C21H31FN4O2/c1-25-11-13-26(14-12-25)19(16-7-9-17(22)10-8-16)15-23-20(27)21(28)24-18-5-3-2-4-6-18/h7-10,18-19H,2-6,11-15H2,1H3,(H,23,27)(H,24,28)/t19-/m1/s1. The molecule has 7 heteroatoms. The Morgan fingerprint density at radius 3 is 2.32 bits per heavy atom. The molecule has 2 aliphatic rings. The molecule has 2 amide bonds. The summed E-state index contributed by atoms with van der Waals surface area (Å²) >= 11 is 0. The molecule has 1 aromatic carbocycles. The molecule has 1 heterocycles. The van der Waals surface area contributed by atoms with E-state index in [1.807, 2.05) is 0 Å². The van der Waals surface area contributed by atoms with E-state index in [4.69, 9.17) is 0 Å². The van der Waals surface area contributed by atoms with Crippen LogP contribution in [-0.4, -0.2) is 67.4 Å². The number of hydrogen-bond donors (Lipinski definition) is 2. The molecule has 0 radical (unpaired) electrons. The highest BCUT2D eigenvalue weighted by molar-refractivity contribution is 6.35. The van der Waals surface area contributed by atoms with Crippen molar-refractivity contribution in [2.75, 3.05) is 39.8 Å². The molecule has 2 fully saturated rings. The minimum absolute atomic E-state index is 0.0827. The molecule has 0 unspecified atom stereocenters. The molecule has 0 aromatic heterocycles. The molecule has 6 nitrogen and oxygen atoms in total. The predicted molar refractivity (Wildman–Crippen MR) is 106 cm³/mol. The van der Waals surface area contributed by atoms with Crippen LogP contribution in [-0.2, 0) is 9.59 Å². The van der Waals surface area contributed by atoms with E-state index in [1.54, 1.807) is 12.1 Å². The molecule has 0 bridgehead atoms. The fourth-order valence-electron chi connectivity index (χ4n) is 4.04. The lowest BCUT2D eigenvalue weighted by Gasteiger charge is -2.38. The third kappa shape index (κ3) is 5.75. The van der Waals surface area contributed by atoms with Gasteiger partial charge in [0.2, 0.25) is 0 Å². The lowest BCUT2D eigenvalue weighted by Crippen LogP contribution is -2.50. The van der Waals surface area contributed by atoms with Gasteiger partial charge in [0.25, 0.3) is 0 Å². The Labute approximate surface area is 166 Å². The summed E-state index contributed by atoms with van der Waals surface area (Å²) in [5, 5.41) is 5.65. The number of hydrogen-bond acceptors (Lipinski definition) is 4. The van der Waals surface area contributed by atoms with Crippen LogP contribution in [0.15, 0.2) is 24.3 Å². The predicted octanol–water partition coefficient (Wildman–Crippen LogP) is 1.68. The van der Waals surface area contributed by atoms with Gasteiger partial charge in [-0.2, -0.15) is 0 Å². The van der Waals surface area contributed by atoms with Crippen molar-refractivity contribution in [2.24, 2.45) is 0 Å². The number of rotatable bonds is 5. The number of carbonyl (C=O) groups excluding carboxylic acids is 2. The maximum absolute atomic E-state index is 13.3. The third-order valence-electron chi connectivity index (χ3n) is 5.84. The van der Waals surface area contributed by atoms with Crippen molar-refractivity contribution < 1.29 is 14.0 Å². The Kier molecular flexibility index (Phi) is 7.39. The Morgan fingerprint density at radius 1 is 1.04 bits per heavy atom. The lowest BCUT2D eigenvalue weighted by molar-refractivity contribution is -0.139. The Morgan fingerprint density at radius 2 is 1.68 bits per heavy atom. The highest BCUT2D eigenvalue weighted by Gasteiger charge is 2.26. The topological polar surface area (TPSA) is 64.7 Å². The molecular weight excluding hydrogens is 359 g/mol. The summed E-state index contributed by atoms with van der Waals surface area (Å²) in [6.07, 6.45) is 5.28. The van der Waals surface area contributed by atoms with Gasteiger partial charge in [-0.1, -0.05) is 31.4 Å². The number of amides is 2. The normalized spacial score (nSPS) is 20.5. The molecule has 154 valence electrons. The van der Waals surface area contributed by atoms with Gasteiger partial charge in [-0.05, 0) is 37.6 Å². The first-order valence-electron chi connectivity index (χ1n) is 10.3. The molecule has 2 N–H and O–H groups in total. The molecule has 1 aromatic rings. The van der Waals surface area contributed by atoms with Crippen LogP contribution in [0.4, 0.5) is 4.39 Å². The van der Waals surface area contributed by atoms with Gasteiger partial charge in [-0.3, -0.25) is 14.5 Å². The van der Waals surface area contributed by atoms with Crippen molar-refractivity contribution in [1.82, 2.24) is 20.4 Å². The second kappa shape index (κ2) is 9.98. The number of nitrogens with zero attached hydrogens (tertiary/aromatic N) is 2. The summed E-state index contributed by atoms with van der Waals surface area (Å²) in [5.41, 5.74) is 0.943. The summed E-state index contributed by atoms with van der Waals surface area (Å²) in [7, 11) is 2.08. The number of benzene rings is 1. The van der Waals surface area contributed by atoms with E-state index in [0.29, 0.717) is 6.54 Å². The molecule has 0 spiro atoms. The monoisotopic (exact) mass is 390 g/mol. The number of carbonyl (C=O) groups is 2. The summed E-state index contributed by atoms with van der Waals surface area (Å²) in [6.45, 7) is 3.93. The molecule has 1 aliphatic heterocycles. The summed E-state index contributed by atoms with van der Waals surface area (Å²) in [5.74, 6) is -1.42. The van der Waals surface area contributed by atoms with E-state index in [0.717, 1.165) is 57.4 Å². The number of halogens is 1. The Bertz CT molecular complexity index is 653. The van der Waals surface area contributed by atoms with E-state index in [1.165, 1.54) is 18.6 Å².